The van der Waals surface area contributed by atoms with E-state index in [4.69, 9.17) is 5.73 Å². The van der Waals surface area contributed by atoms with Crippen molar-refractivity contribution in [3.05, 3.63) is 103 Å². The Morgan fingerprint density at radius 3 is 2.56 bits per heavy atom. The second-order valence-electron chi connectivity index (χ2n) is 5.64. The number of hydrogen-bond acceptors (Lipinski definition) is 1. The fourth-order valence-electron chi connectivity index (χ4n) is 2.66. The summed E-state index contributed by atoms with van der Waals surface area (Å²) in [5, 5.41) is 2.12. The molecule has 0 bridgehead atoms. The summed E-state index contributed by atoms with van der Waals surface area (Å²) < 4.78 is 0. The summed E-state index contributed by atoms with van der Waals surface area (Å²) >= 11 is 0. The van der Waals surface area contributed by atoms with Gasteiger partial charge in [-0.2, -0.15) is 0 Å². The van der Waals surface area contributed by atoms with Crippen molar-refractivity contribution in [2.75, 3.05) is 0 Å². The Bertz CT molecular complexity index is 882. The molecule has 1 amide bonds. The van der Waals surface area contributed by atoms with Crippen LogP contribution in [0.3, 0.4) is 0 Å². The lowest BCUT2D eigenvalue weighted by molar-refractivity contribution is 0.1000. The van der Waals surface area contributed by atoms with Crippen LogP contribution in [0, 0.1) is 0 Å². The quantitative estimate of drug-likeness (QED) is 0.661. The maximum absolute atomic E-state index is 11.8. The van der Waals surface area contributed by atoms with Crippen LogP contribution in [0.25, 0.3) is 16.3 Å². The largest absolute Gasteiger partial charge is 0.366 e. The molecule has 126 valence electrons. The fourth-order valence-corrected chi connectivity index (χ4v) is 2.66. The smallest absolute Gasteiger partial charge is 0.249 e. The van der Waals surface area contributed by atoms with Gasteiger partial charge in [0.15, 0.2) is 0 Å². The Labute approximate surface area is 149 Å². The summed E-state index contributed by atoms with van der Waals surface area (Å²) in [7, 11) is 0. The monoisotopic (exact) mass is 329 g/mol. The van der Waals surface area contributed by atoms with Crippen molar-refractivity contribution >= 4 is 22.3 Å². The molecule has 2 aromatic rings. The van der Waals surface area contributed by atoms with Gasteiger partial charge in [0.1, 0.15) is 0 Å². The molecular weight excluding hydrogens is 306 g/mol. The van der Waals surface area contributed by atoms with Crippen molar-refractivity contribution in [1.29, 1.82) is 0 Å². The van der Waals surface area contributed by atoms with Crippen LogP contribution in [-0.4, -0.2) is 5.91 Å². The molecule has 0 fully saturated rings. The van der Waals surface area contributed by atoms with E-state index in [1.165, 1.54) is 0 Å². The second kappa shape index (κ2) is 9.24. The Hall–Kier alpha value is -3.13. The van der Waals surface area contributed by atoms with Crippen molar-refractivity contribution in [2.45, 2.75) is 13.3 Å². The first-order valence-electron chi connectivity index (χ1n) is 8.24. The SMILES string of the molecule is C=CC=CCC=CC=CC=C(C)c1c(C(N)=O)ccc2ccccc12. The highest BCUT2D eigenvalue weighted by Gasteiger charge is 2.12. The lowest BCUT2D eigenvalue weighted by atomic mass is 9.93. The molecule has 2 rings (SSSR count). The van der Waals surface area contributed by atoms with Crippen molar-refractivity contribution in [3.63, 3.8) is 0 Å². The van der Waals surface area contributed by atoms with E-state index in [9.17, 15) is 4.79 Å². The minimum absolute atomic E-state index is 0.411. The van der Waals surface area contributed by atoms with Crippen molar-refractivity contribution in [3.8, 4) is 0 Å². The third-order valence-electron chi connectivity index (χ3n) is 3.84. The standard InChI is InChI=1S/C23H23NO/c1-3-4-5-6-7-8-9-10-13-18(2)22-20-15-12-11-14-19(20)16-17-21(22)23(24)25/h3-5,7-17H,1,6H2,2H3,(H2,24,25). The first-order chi connectivity index (χ1) is 12.1. The summed E-state index contributed by atoms with van der Waals surface area (Å²) in [6, 6.07) is 11.7. The van der Waals surface area contributed by atoms with Crippen LogP contribution < -0.4 is 5.73 Å². The highest BCUT2D eigenvalue weighted by Crippen LogP contribution is 2.28. The number of amides is 1. The molecular formula is C23H23NO. The summed E-state index contributed by atoms with van der Waals surface area (Å²) in [6.45, 7) is 5.63. The van der Waals surface area contributed by atoms with E-state index in [-0.39, 0.29) is 0 Å². The summed E-state index contributed by atoms with van der Waals surface area (Å²) in [4.78, 5) is 11.8. The number of nitrogens with two attached hydrogens (primary N) is 1. The molecule has 0 unspecified atom stereocenters. The molecule has 0 aromatic heterocycles. The molecule has 0 radical (unpaired) electrons. The molecule has 0 saturated carbocycles. The van der Waals surface area contributed by atoms with Gasteiger partial charge in [-0.25, -0.2) is 0 Å². The third-order valence-corrected chi connectivity index (χ3v) is 3.84. The van der Waals surface area contributed by atoms with E-state index in [0.29, 0.717) is 5.56 Å². The number of primary amides is 1. The van der Waals surface area contributed by atoms with Crippen LogP contribution in [0.5, 0.6) is 0 Å². The van der Waals surface area contributed by atoms with Crippen LogP contribution in [0.4, 0.5) is 0 Å². The first kappa shape index (κ1) is 18.2. The molecule has 0 spiro atoms. The van der Waals surface area contributed by atoms with Crippen LogP contribution in [-0.2, 0) is 0 Å². The van der Waals surface area contributed by atoms with Gasteiger partial charge in [-0.15, -0.1) is 0 Å². The summed E-state index contributed by atoms with van der Waals surface area (Å²) in [5.41, 5.74) is 8.01. The van der Waals surface area contributed by atoms with Crippen LogP contribution in [0.2, 0.25) is 0 Å². The van der Waals surface area contributed by atoms with E-state index in [1.54, 1.807) is 12.1 Å². The lowest BCUT2D eigenvalue weighted by Crippen LogP contribution is -2.13. The Balaban J connectivity index is 2.30. The molecule has 0 heterocycles. The highest BCUT2D eigenvalue weighted by molar-refractivity contribution is 6.06. The van der Waals surface area contributed by atoms with Gasteiger partial charge in [0, 0.05) is 5.56 Å². The molecule has 0 saturated heterocycles. The number of rotatable bonds is 7. The summed E-state index contributed by atoms with van der Waals surface area (Å²) in [6.07, 6.45) is 16.6. The minimum atomic E-state index is -0.411. The minimum Gasteiger partial charge on any atom is -0.366 e. The van der Waals surface area contributed by atoms with Gasteiger partial charge in [-0.3, -0.25) is 4.79 Å². The molecule has 2 nitrogen and oxygen atoms in total. The van der Waals surface area contributed by atoms with Crippen LogP contribution in [0.1, 0.15) is 29.3 Å². The average molecular weight is 329 g/mol. The van der Waals surface area contributed by atoms with E-state index in [1.807, 2.05) is 73.7 Å². The Morgan fingerprint density at radius 1 is 1.04 bits per heavy atom. The van der Waals surface area contributed by atoms with Crippen molar-refractivity contribution in [2.24, 2.45) is 5.73 Å². The zero-order valence-electron chi connectivity index (χ0n) is 14.5. The number of hydrogen-bond donors (Lipinski definition) is 1. The second-order valence-corrected chi connectivity index (χ2v) is 5.64. The number of fused-ring (bicyclic) bond motifs is 1. The van der Waals surface area contributed by atoms with E-state index in [2.05, 4.69) is 12.7 Å². The molecule has 0 aliphatic carbocycles. The third kappa shape index (κ3) is 4.92. The predicted molar refractivity (Wildman–Crippen MR) is 108 cm³/mol. The van der Waals surface area contributed by atoms with Crippen LogP contribution in [0.15, 0.2) is 91.6 Å². The van der Waals surface area contributed by atoms with Gasteiger partial charge >= 0.3 is 0 Å². The Kier molecular flexibility index (Phi) is 6.73. The lowest BCUT2D eigenvalue weighted by Gasteiger charge is -2.11. The molecule has 2 aromatic carbocycles. The van der Waals surface area contributed by atoms with Crippen molar-refractivity contribution < 1.29 is 4.79 Å². The normalized spacial score (nSPS) is 12.6. The fraction of sp³-hybridized carbons (Fsp3) is 0.0870. The predicted octanol–water partition coefficient (Wildman–Crippen LogP) is 5.59. The van der Waals surface area contributed by atoms with Gasteiger partial charge < -0.3 is 5.73 Å². The molecule has 0 aliphatic rings. The maximum Gasteiger partial charge on any atom is 0.249 e. The highest BCUT2D eigenvalue weighted by atomic mass is 16.1. The number of carbonyl (C=O) groups is 1. The van der Waals surface area contributed by atoms with E-state index >= 15 is 0 Å². The van der Waals surface area contributed by atoms with E-state index < -0.39 is 5.91 Å². The molecule has 2 heteroatoms. The van der Waals surface area contributed by atoms with Gasteiger partial charge in [0.2, 0.25) is 5.91 Å². The summed E-state index contributed by atoms with van der Waals surface area (Å²) in [5.74, 6) is -0.411. The molecule has 0 aliphatic heterocycles. The number of carbonyl (C=O) groups excluding carboxylic acids is 1. The number of benzene rings is 2. The molecule has 0 atom stereocenters. The molecule has 25 heavy (non-hydrogen) atoms. The maximum atomic E-state index is 11.8. The first-order valence-corrected chi connectivity index (χ1v) is 8.24. The van der Waals surface area contributed by atoms with Gasteiger partial charge in [0.05, 0.1) is 0 Å². The van der Waals surface area contributed by atoms with Crippen LogP contribution >= 0.6 is 0 Å². The topological polar surface area (TPSA) is 43.1 Å². The average Bonchev–Trinajstić information content (AvgIpc) is 2.62. The zero-order valence-corrected chi connectivity index (χ0v) is 14.5. The van der Waals surface area contributed by atoms with Gasteiger partial charge in [0.25, 0.3) is 0 Å². The zero-order chi connectivity index (χ0) is 18.1. The number of allylic oxidation sites excluding steroid dienone is 9. The van der Waals surface area contributed by atoms with E-state index in [0.717, 1.165) is 28.3 Å². The molecule has 2 N–H and O–H groups in total. The van der Waals surface area contributed by atoms with Gasteiger partial charge in [-0.05, 0) is 41.3 Å². The van der Waals surface area contributed by atoms with Crippen molar-refractivity contribution in [1.82, 2.24) is 0 Å². The Morgan fingerprint density at radius 2 is 1.80 bits per heavy atom. The van der Waals surface area contributed by atoms with Gasteiger partial charge in [-0.1, -0.05) is 85.5 Å².